The average Bonchev–Trinajstić information content (AvgIpc) is 2.62. The predicted molar refractivity (Wildman–Crippen MR) is 63.6 cm³/mol. The molecule has 2 N–H and O–H groups in total. The number of rotatable bonds is 2. The highest BCUT2D eigenvalue weighted by atomic mass is 35.5. The van der Waals surface area contributed by atoms with Crippen LogP contribution in [-0.4, -0.2) is 28.3 Å². The van der Waals surface area contributed by atoms with E-state index < -0.39 is 0 Å². The first-order valence-electron chi connectivity index (χ1n) is 5.81. The van der Waals surface area contributed by atoms with Crippen LogP contribution in [0.25, 0.3) is 0 Å². The Morgan fingerprint density at radius 2 is 1.94 bits per heavy atom. The minimum absolute atomic E-state index is 0.441. The quantitative estimate of drug-likeness (QED) is 0.826. The molecule has 5 heteroatoms. The van der Waals surface area contributed by atoms with Crippen LogP contribution in [0, 0.1) is 0 Å². The van der Waals surface area contributed by atoms with E-state index in [1.807, 2.05) is 6.07 Å². The van der Waals surface area contributed by atoms with Crippen LogP contribution in [-0.2, 0) is 0 Å². The fourth-order valence-corrected chi connectivity index (χ4v) is 2.88. The largest absolute Gasteiger partial charge is 0.366 e. The Hall–Kier alpha value is -0.870. The fourth-order valence-electron chi connectivity index (χ4n) is 2.78. The Labute approximate surface area is 99.8 Å². The summed E-state index contributed by atoms with van der Waals surface area (Å²) in [6, 6.07) is 5.56. The topological polar surface area (TPSA) is 49.8 Å². The molecule has 16 heavy (non-hydrogen) atoms. The van der Waals surface area contributed by atoms with Crippen molar-refractivity contribution in [2.45, 2.75) is 43.8 Å². The maximum atomic E-state index is 5.70. The lowest BCUT2D eigenvalue weighted by atomic mass is 10.00. The second-order valence-electron chi connectivity index (χ2n) is 4.69. The summed E-state index contributed by atoms with van der Waals surface area (Å²) in [5.41, 5.74) is 0. The summed E-state index contributed by atoms with van der Waals surface area (Å²) in [6.07, 6.45) is 4.99. The van der Waals surface area contributed by atoms with Crippen molar-refractivity contribution in [2.24, 2.45) is 0 Å². The fraction of sp³-hybridized carbons (Fsp3) is 0.636. The molecule has 3 heterocycles. The molecule has 1 aromatic heterocycles. The van der Waals surface area contributed by atoms with Crippen molar-refractivity contribution in [3.63, 3.8) is 0 Å². The molecule has 2 bridgehead atoms. The highest BCUT2D eigenvalue weighted by Gasteiger charge is 2.33. The van der Waals surface area contributed by atoms with E-state index in [-0.39, 0.29) is 0 Å². The van der Waals surface area contributed by atoms with E-state index in [9.17, 15) is 0 Å². The van der Waals surface area contributed by atoms with Gasteiger partial charge in [-0.05, 0) is 37.8 Å². The molecule has 3 rings (SSSR count). The van der Waals surface area contributed by atoms with E-state index >= 15 is 0 Å². The minimum Gasteiger partial charge on any atom is -0.366 e. The van der Waals surface area contributed by atoms with Crippen LogP contribution in [0.2, 0.25) is 5.15 Å². The molecule has 2 aliphatic rings. The molecule has 2 fully saturated rings. The molecule has 2 saturated heterocycles. The van der Waals surface area contributed by atoms with E-state index in [1.165, 1.54) is 25.7 Å². The predicted octanol–water partition coefficient (Wildman–Crippen LogP) is 1.82. The van der Waals surface area contributed by atoms with Gasteiger partial charge in [-0.3, -0.25) is 0 Å². The molecule has 0 aromatic carbocycles. The van der Waals surface area contributed by atoms with Gasteiger partial charge in [-0.25, -0.2) is 0 Å². The van der Waals surface area contributed by atoms with Crippen molar-refractivity contribution >= 4 is 17.4 Å². The van der Waals surface area contributed by atoms with Crippen molar-refractivity contribution in [3.05, 3.63) is 17.3 Å². The summed E-state index contributed by atoms with van der Waals surface area (Å²) in [7, 11) is 0. The van der Waals surface area contributed by atoms with Crippen molar-refractivity contribution in [1.29, 1.82) is 0 Å². The molecule has 0 radical (unpaired) electrons. The van der Waals surface area contributed by atoms with Gasteiger partial charge in [0.05, 0.1) is 0 Å². The summed E-state index contributed by atoms with van der Waals surface area (Å²) in [5.74, 6) is 0.829. The van der Waals surface area contributed by atoms with Gasteiger partial charge in [0.1, 0.15) is 5.82 Å². The van der Waals surface area contributed by atoms with Crippen LogP contribution >= 0.6 is 11.6 Å². The lowest BCUT2D eigenvalue weighted by Gasteiger charge is -2.29. The summed E-state index contributed by atoms with van der Waals surface area (Å²) in [4.78, 5) is 0. The van der Waals surface area contributed by atoms with Gasteiger partial charge in [0.15, 0.2) is 5.15 Å². The van der Waals surface area contributed by atoms with Crippen LogP contribution < -0.4 is 10.6 Å². The standard InChI is InChI=1S/C11H15ClN4/c12-10-3-4-11(16-15-10)14-9-5-7-1-2-8(6-9)13-7/h3-4,7-9,13H,1-2,5-6H2,(H,14,16). The van der Waals surface area contributed by atoms with Crippen LogP contribution in [0.5, 0.6) is 0 Å². The van der Waals surface area contributed by atoms with Gasteiger partial charge in [0, 0.05) is 18.1 Å². The maximum Gasteiger partial charge on any atom is 0.151 e. The van der Waals surface area contributed by atoms with E-state index in [1.54, 1.807) is 6.07 Å². The lowest BCUT2D eigenvalue weighted by Crippen LogP contribution is -2.43. The highest BCUT2D eigenvalue weighted by molar-refractivity contribution is 6.29. The van der Waals surface area contributed by atoms with E-state index in [0.29, 0.717) is 23.3 Å². The lowest BCUT2D eigenvalue weighted by molar-refractivity contribution is 0.377. The molecule has 2 unspecified atom stereocenters. The third kappa shape index (κ3) is 2.13. The maximum absolute atomic E-state index is 5.70. The van der Waals surface area contributed by atoms with Gasteiger partial charge >= 0.3 is 0 Å². The summed E-state index contributed by atoms with van der Waals surface area (Å²) < 4.78 is 0. The number of anilines is 1. The van der Waals surface area contributed by atoms with Crippen molar-refractivity contribution in [3.8, 4) is 0 Å². The zero-order valence-electron chi connectivity index (χ0n) is 8.99. The zero-order valence-corrected chi connectivity index (χ0v) is 9.74. The van der Waals surface area contributed by atoms with Gasteiger partial charge in [-0.2, -0.15) is 0 Å². The van der Waals surface area contributed by atoms with Crippen molar-refractivity contribution in [2.75, 3.05) is 5.32 Å². The SMILES string of the molecule is Clc1ccc(NC2CC3CCC(C2)N3)nn1. The molecular formula is C11H15ClN4. The molecular weight excluding hydrogens is 224 g/mol. The summed E-state index contributed by atoms with van der Waals surface area (Å²) in [6.45, 7) is 0. The number of halogens is 1. The van der Waals surface area contributed by atoms with Gasteiger partial charge in [0.25, 0.3) is 0 Å². The van der Waals surface area contributed by atoms with Gasteiger partial charge in [-0.15, -0.1) is 10.2 Å². The first-order chi connectivity index (χ1) is 7.79. The number of aromatic nitrogens is 2. The van der Waals surface area contributed by atoms with Crippen LogP contribution in [0.15, 0.2) is 12.1 Å². The van der Waals surface area contributed by atoms with Crippen LogP contribution in [0.4, 0.5) is 5.82 Å². The zero-order chi connectivity index (χ0) is 11.0. The number of nitrogens with zero attached hydrogens (tertiary/aromatic N) is 2. The Bertz CT molecular complexity index is 355. The monoisotopic (exact) mass is 238 g/mol. The molecule has 0 aliphatic carbocycles. The second-order valence-corrected chi connectivity index (χ2v) is 5.08. The number of nitrogens with one attached hydrogen (secondary N) is 2. The molecule has 0 amide bonds. The smallest absolute Gasteiger partial charge is 0.151 e. The van der Waals surface area contributed by atoms with Gasteiger partial charge in [0.2, 0.25) is 0 Å². The van der Waals surface area contributed by atoms with Crippen molar-refractivity contribution in [1.82, 2.24) is 15.5 Å². The normalized spacial score (nSPS) is 32.7. The second kappa shape index (κ2) is 4.18. The molecule has 4 nitrogen and oxygen atoms in total. The minimum atomic E-state index is 0.441. The third-order valence-corrected chi connectivity index (χ3v) is 3.66. The molecule has 86 valence electrons. The average molecular weight is 239 g/mol. The summed E-state index contributed by atoms with van der Waals surface area (Å²) in [5, 5.41) is 15.4. The van der Waals surface area contributed by atoms with Crippen molar-refractivity contribution < 1.29 is 0 Å². The highest BCUT2D eigenvalue weighted by Crippen LogP contribution is 2.28. The van der Waals surface area contributed by atoms with E-state index in [4.69, 9.17) is 11.6 Å². The molecule has 0 saturated carbocycles. The van der Waals surface area contributed by atoms with Crippen LogP contribution in [0.1, 0.15) is 25.7 Å². The van der Waals surface area contributed by atoms with Crippen LogP contribution in [0.3, 0.4) is 0 Å². The molecule has 2 atom stereocenters. The number of hydrogen-bond acceptors (Lipinski definition) is 4. The van der Waals surface area contributed by atoms with Gasteiger partial charge in [-0.1, -0.05) is 11.6 Å². The molecule has 0 spiro atoms. The first-order valence-corrected chi connectivity index (χ1v) is 6.19. The Morgan fingerprint density at radius 1 is 1.19 bits per heavy atom. The van der Waals surface area contributed by atoms with E-state index in [2.05, 4.69) is 20.8 Å². The third-order valence-electron chi connectivity index (χ3n) is 3.46. The Kier molecular flexibility index (Phi) is 2.69. The Morgan fingerprint density at radius 3 is 2.56 bits per heavy atom. The van der Waals surface area contributed by atoms with E-state index in [0.717, 1.165) is 5.82 Å². The summed E-state index contributed by atoms with van der Waals surface area (Å²) >= 11 is 5.70. The molecule has 2 aliphatic heterocycles. The molecule has 1 aromatic rings. The number of fused-ring (bicyclic) bond motifs is 2. The Balaban J connectivity index is 1.64. The number of hydrogen-bond donors (Lipinski definition) is 2. The first kappa shape index (κ1) is 10.3. The number of piperidine rings is 1. The van der Waals surface area contributed by atoms with Gasteiger partial charge < -0.3 is 10.6 Å².